The minimum atomic E-state index is 0.681. The van der Waals surface area contributed by atoms with Crippen LogP contribution in [0.2, 0.25) is 0 Å². The fourth-order valence-corrected chi connectivity index (χ4v) is 0.276. The van der Waals surface area contributed by atoms with Gasteiger partial charge in [-0.25, -0.2) is 0 Å². The number of allylic oxidation sites excluding steroid dienone is 1. The summed E-state index contributed by atoms with van der Waals surface area (Å²) in [6, 6.07) is 0. The zero-order chi connectivity index (χ0) is 10.9. The quantitative estimate of drug-likeness (QED) is 0.542. The van der Waals surface area contributed by atoms with Gasteiger partial charge in [0.15, 0.2) is 0 Å². The second kappa shape index (κ2) is 30.3. The second-order valence-corrected chi connectivity index (χ2v) is 1.70. The van der Waals surface area contributed by atoms with Gasteiger partial charge in [-0.05, 0) is 13.8 Å². The monoisotopic (exact) mass is 189 g/mol. The average molecular weight is 189 g/mol. The number of nitrogens with one attached hydrogen (secondary N) is 1. The molecule has 0 aliphatic heterocycles. The molecule has 0 aromatic heterocycles. The predicted octanol–water partition coefficient (Wildman–Crippen LogP) is 1.99. The van der Waals surface area contributed by atoms with Crippen LogP contribution in [0.5, 0.6) is 0 Å². The van der Waals surface area contributed by atoms with E-state index in [0.29, 0.717) is 6.41 Å². The summed E-state index contributed by atoms with van der Waals surface area (Å²) in [5.41, 5.74) is 0. The van der Waals surface area contributed by atoms with Crippen molar-refractivity contribution in [2.24, 2.45) is 0 Å². The molecule has 3 heteroatoms. The molecule has 0 aliphatic rings. The Labute approximate surface area is 82.2 Å². The topological polar surface area (TPSA) is 38.3 Å². The van der Waals surface area contributed by atoms with Crippen LogP contribution in [0, 0.1) is 0 Å². The van der Waals surface area contributed by atoms with Crippen LogP contribution in [0.1, 0.15) is 27.7 Å². The van der Waals surface area contributed by atoms with Crippen molar-refractivity contribution in [1.82, 2.24) is 5.32 Å². The van der Waals surface area contributed by atoms with Crippen molar-refractivity contribution in [3.05, 3.63) is 12.2 Å². The molecule has 1 N–H and O–H groups in total. The van der Waals surface area contributed by atoms with Crippen LogP contribution in [-0.2, 0) is 9.53 Å². The molecule has 0 atom stereocenters. The van der Waals surface area contributed by atoms with E-state index < -0.39 is 0 Å². The fraction of sp³-hybridized carbons (Fsp3) is 0.700. The summed E-state index contributed by atoms with van der Waals surface area (Å²) in [6.07, 6.45) is 4.60. The number of hydrogen-bond donors (Lipinski definition) is 1. The lowest BCUT2D eigenvalue weighted by Crippen LogP contribution is -2.07. The predicted molar refractivity (Wildman–Crippen MR) is 57.8 cm³/mol. The van der Waals surface area contributed by atoms with E-state index in [2.05, 4.69) is 5.32 Å². The van der Waals surface area contributed by atoms with Crippen LogP contribution in [0.25, 0.3) is 0 Å². The summed E-state index contributed by atoms with van der Waals surface area (Å²) < 4.78 is 4.70. The fourth-order valence-electron chi connectivity index (χ4n) is 0.276. The highest BCUT2D eigenvalue weighted by Crippen LogP contribution is 1.68. The van der Waals surface area contributed by atoms with Gasteiger partial charge in [-0.2, -0.15) is 0 Å². The number of carbonyl (C=O) groups is 1. The van der Waals surface area contributed by atoms with E-state index in [1.807, 2.05) is 39.8 Å². The van der Waals surface area contributed by atoms with E-state index in [4.69, 9.17) is 4.74 Å². The van der Waals surface area contributed by atoms with Crippen LogP contribution in [0.3, 0.4) is 0 Å². The van der Waals surface area contributed by atoms with Crippen LogP contribution < -0.4 is 5.32 Å². The zero-order valence-corrected chi connectivity index (χ0v) is 9.46. The summed E-state index contributed by atoms with van der Waals surface area (Å²) in [6.45, 7) is 9.30. The van der Waals surface area contributed by atoms with Gasteiger partial charge in [0.05, 0.1) is 6.61 Å². The Bertz CT molecular complexity index is 92.9. The molecule has 0 aromatic carbocycles. The first-order valence-electron chi connectivity index (χ1n) is 4.60. The van der Waals surface area contributed by atoms with E-state index in [1.54, 1.807) is 7.11 Å². The molecule has 1 amide bonds. The lowest BCUT2D eigenvalue weighted by molar-refractivity contribution is -0.109. The zero-order valence-electron chi connectivity index (χ0n) is 9.46. The molecular formula is C10H23NO2. The normalized spacial score (nSPS) is 7.77. The molecule has 0 saturated heterocycles. The molecule has 0 rings (SSSR count). The molecule has 0 aromatic rings. The Morgan fingerprint density at radius 3 is 2.00 bits per heavy atom. The first-order chi connectivity index (χ1) is 6.33. The average Bonchev–Trinajstić information content (AvgIpc) is 2.20. The molecule has 0 fully saturated rings. The van der Waals surface area contributed by atoms with Crippen molar-refractivity contribution in [3.8, 4) is 0 Å². The summed E-state index contributed by atoms with van der Waals surface area (Å²) in [4.78, 5) is 9.29. The molecule has 0 saturated carbocycles. The van der Waals surface area contributed by atoms with Gasteiger partial charge < -0.3 is 10.1 Å². The SMILES string of the molecule is C/C=C/COC.CC.CCNC=O. The van der Waals surface area contributed by atoms with Gasteiger partial charge in [-0.1, -0.05) is 26.0 Å². The van der Waals surface area contributed by atoms with Gasteiger partial charge in [0.2, 0.25) is 6.41 Å². The number of methoxy groups -OCH3 is 1. The van der Waals surface area contributed by atoms with E-state index in [9.17, 15) is 4.79 Å². The van der Waals surface area contributed by atoms with E-state index in [1.165, 1.54) is 0 Å². The molecule has 0 radical (unpaired) electrons. The Kier molecular flexibility index (Phi) is 42.2. The van der Waals surface area contributed by atoms with Gasteiger partial charge >= 0.3 is 0 Å². The van der Waals surface area contributed by atoms with Crippen molar-refractivity contribution in [3.63, 3.8) is 0 Å². The molecule has 0 bridgehead atoms. The largest absolute Gasteiger partial charge is 0.381 e. The lowest BCUT2D eigenvalue weighted by atomic mass is 10.6. The molecule has 13 heavy (non-hydrogen) atoms. The molecule has 0 unspecified atom stereocenters. The Balaban J connectivity index is -0.000000131. The van der Waals surface area contributed by atoms with Crippen LogP contribution >= 0.6 is 0 Å². The van der Waals surface area contributed by atoms with Crippen LogP contribution in [0.4, 0.5) is 0 Å². The van der Waals surface area contributed by atoms with Crippen LogP contribution in [0.15, 0.2) is 12.2 Å². The molecule has 0 spiro atoms. The highest BCUT2D eigenvalue weighted by molar-refractivity contribution is 5.45. The maximum Gasteiger partial charge on any atom is 0.207 e. The third-order valence-corrected chi connectivity index (χ3v) is 0.786. The molecule has 0 heterocycles. The summed E-state index contributed by atoms with van der Waals surface area (Å²) in [7, 11) is 1.68. The Morgan fingerprint density at radius 2 is 1.92 bits per heavy atom. The highest BCUT2D eigenvalue weighted by atomic mass is 16.5. The third kappa shape index (κ3) is 54.0. The molecular weight excluding hydrogens is 166 g/mol. The van der Waals surface area contributed by atoms with Crippen molar-refractivity contribution >= 4 is 6.41 Å². The van der Waals surface area contributed by atoms with Gasteiger partial charge in [-0.3, -0.25) is 4.79 Å². The highest BCUT2D eigenvalue weighted by Gasteiger charge is 1.62. The van der Waals surface area contributed by atoms with Crippen LogP contribution in [-0.4, -0.2) is 26.7 Å². The van der Waals surface area contributed by atoms with Gasteiger partial charge in [0.25, 0.3) is 0 Å². The molecule has 3 nitrogen and oxygen atoms in total. The summed E-state index contributed by atoms with van der Waals surface area (Å²) in [5, 5.41) is 2.43. The van der Waals surface area contributed by atoms with Gasteiger partial charge in [0, 0.05) is 13.7 Å². The van der Waals surface area contributed by atoms with E-state index in [0.717, 1.165) is 13.2 Å². The maximum atomic E-state index is 9.29. The first-order valence-corrected chi connectivity index (χ1v) is 4.60. The summed E-state index contributed by atoms with van der Waals surface area (Å²) >= 11 is 0. The second-order valence-electron chi connectivity index (χ2n) is 1.70. The number of carbonyl (C=O) groups excluding carboxylic acids is 1. The minimum absolute atomic E-state index is 0.681. The van der Waals surface area contributed by atoms with Crippen molar-refractivity contribution < 1.29 is 9.53 Å². The Morgan fingerprint density at radius 1 is 1.38 bits per heavy atom. The van der Waals surface area contributed by atoms with Gasteiger partial charge in [0.1, 0.15) is 0 Å². The van der Waals surface area contributed by atoms with Crippen molar-refractivity contribution in [2.75, 3.05) is 20.3 Å². The van der Waals surface area contributed by atoms with Crippen molar-refractivity contribution in [1.29, 1.82) is 0 Å². The number of ether oxygens (including phenoxy) is 1. The lowest BCUT2D eigenvalue weighted by Gasteiger charge is -1.81. The third-order valence-electron chi connectivity index (χ3n) is 0.786. The van der Waals surface area contributed by atoms with Gasteiger partial charge in [-0.15, -0.1) is 0 Å². The molecule has 0 aliphatic carbocycles. The van der Waals surface area contributed by atoms with E-state index in [-0.39, 0.29) is 0 Å². The number of hydrogen-bond acceptors (Lipinski definition) is 2. The summed E-state index contributed by atoms with van der Waals surface area (Å²) in [5.74, 6) is 0. The molecule has 80 valence electrons. The minimum Gasteiger partial charge on any atom is -0.381 e. The first kappa shape index (κ1) is 18.1. The Hall–Kier alpha value is -0.830. The van der Waals surface area contributed by atoms with E-state index >= 15 is 0 Å². The van der Waals surface area contributed by atoms with Crippen molar-refractivity contribution in [2.45, 2.75) is 27.7 Å². The standard InChI is InChI=1S/C5H10O.C3H7NO.C2H6/c1-3-4-5-6-2;1-2-4-3-5;1-2/h3-4H,5H2,1-2H3;3H,2H2,1H3,(H,4,5);1-2H3/b4-3+;;. The maximum absolute atomic E-state index is 9.29. The number of rotatable bonds is 4. The number of amides is 1. The smallest absolute Gasteiger partial charge is 0.207 e.